The Morgan fingerprint density at radius 1 is 1.24 bits per heavy atom. The van der Waals surface area contributed by atoms with Gasteiger partial charge in [-0.15, -0.1) is 0 Å². The summed E-state index contributed by atoms with van der Waals surface area (Å²) < 4.78 is 0. The number of carbonyl (C=O) groups is 2. The quantitative estimate of drug-likeness (QED) is 0.867. The standard InChI is InChI=1S/C12H12ClNO3/c13-9-4-2-8(3-5-9)10(15)14-12(11(16)17)6-1-7-12/h2-5H,1,6-7H2,(H,14,15)(H,16,17). The van der Waals surface area contributed by atoms with Crippen LogP contribution >= 0.6 is 11.6 Å². The second-order valence-electron chi connectivity index (χ2n) is 4.20. The van der Waals surface area contributed by atoms with E-state index in [1.807, 2.05) is 0 Å². The Balaban J connectivity index is 2.11. The first-order chi connectivity index (χ1) is 8.03. The minimum absolute atomic E-state index is 0.372. The maximum atomic E-state index is 11.9. The maximum absolute atomic E-state index is 11.9. The van der Waals surface area contributed by atoms with Crippen LogP contribution in [0.25, 0.3) is 0 Å². The predicted octanol–water partition coefficient (Wildman–Crippen LogP) is 2.08. The average molecular weight is 254 g/mol. The van der Waals surface area contributed by atoms with Gasteiger partial charge in [-0.05, 0) is 43.5 Å². The van der Waals surface area contributed by atoms with Gasteiger partial charge in [0.15, 0.2) is 0 Å². The molecule has 0 aromatic heterocycles. The van der Waals surface area contributed by atoms with E-state index >= 15 is 0 Å². The lowest BCUT2D eigenvalue weighted by Gasteiger charge is -2.38. The summed E-state index contributed by atoms with van der Waals surface area (Å²) in [5, 5.41) is 12.2. The SMILES string of the molecule is O=C(NC1(C(=O)O)CCC1)c1ccc(Cl)cc1. The van der Waals surface area contributed by atoms with Crippen molar-refractivity contribution >= 4 is 23.5 Å². The highest BCUT2D eigenvalue weighted by atomic mass is 35.5. The molecule has 1 saturated carbocycles. The molecule has 4 nitrogen and oxygen atoms in total. The van der Waals surface area contributed by atoms with Crippen LogP contribution in [-0.2, 0) is 4.79 Å². The first-order valence-electron chi connectivity index (χ1n) is 5.35. The number of halogens is 1. The van der Waals surface area contributed by atoms with Crippen molar-refractivity contribution < 1.29 is 14.7 Å². The first kappa shape index (κ1) is 11.9. The van der Waals surface area contributed by atoms with Crippen LogP contribution < -0.4 is 5.32 Å². The van der Waals surface area contributed by atoms with Gasteiger partial charge in [0.2, 0.25) is 0 Å². The Labute approximate surface area is 104 Å². The van der Waals surface area contributed by atoms with Crippen molar-refractivity contribution in [3.05, 3.63) is 34.9 Å². The minimum atomic E-state index is -1.07. The van der Waals surface area contributed by atoms with E-state index in [0.29, 0.717) is 23.4 Å². The third-order valence-corrected chi connectivity index (χ3v) is 3.33. The van der Waals surface area contributed by atoms with E-state index in [4.69, 9.17) is 16.7 Å². The number of carboxylic acid groups (broad SMARTS) is 1. The van der Waals surface area contributed by atoms with E-state index in [2.05, 4.69) is 5.32 Å². The van der Waals surface area contributed by atoms with Crippen molar-refractivity contribution in [3.63, 3.8) is 0 Å². The number of aliphatic carboxylic acids is 1. The van der Waals surface area contributed by atoms with E-state index < -0.39 is 11.5 Å². The lowest BCUT2D eigenvalue weighted by molar-refractivity contribution is -0.148. The molecule has 2 N–H and O–H groups in total. The van der Waals surface area contributed by atoms with Crippen LogP contribution in [-0.4, -0.2) is 22.5 Å². The molecule has 1 fully saturated rings. The van der Waals surface area contributed by atoms with Crippen molar-refractivity contribution in [2.45, 2.75) is 24.8 Å². The molecular weight excluding hydrogens is 242 g/mol. The van der Waals surface area contributed by atoms with Gasteiger partial charge in [-0.2, -0.15) is 0 Å². The van der Waals surface area contributed by atoms with Gasteiger partial charge in [0.05, 0.1) is 0 Å². The van der Waals surface area contributed by atoms with E-state index in [0.717, 1.165) is 6.42 Å². The molecular formula is C12H12ClNO3. The molecule has 90 valence electrons. The van der Waals surface area contributed by atoms with Gasteiger partial charge in [-0.1, -0.05) is 11.6 Å². The zero-order valence-corrected chi connectivity index (χ0v) is 9.83. The summed E-state index contributed by atoms with van der Waals surface area (Å²) in [6.45, 7) is 0. The Morgan fingerprint density at radius 3 is 2.24 bits per heavy atom. The minimum Gasteiger partial charge on any atom is -0.480 e. The van der Waals surface area contributed by atoms with Crippen LogP contribution in [0.4, 0.5) is 0 Å². The molecule has 17 heavy (non-hydrogen) atoms. The highest BCUT2D eigenvalue weighted by Gasteiger charge is 2.45. The molecule has 0 aliphatic heterocycles. The zero-order valence-electron chi connectivity index (χ0n) is 9.07. The summed E-state index contributed by atoms with van der Waals surface area (Å²) in [6, 6.07) is 6.35. The van der Waals surface area contributed by atoms with Crippen molar-refractivity contribution in [1.82, 2.24) is 5.32 Å². The van der Waals surface area contributed by atoms with Crippen LogP contribution in [0.3, 0.4) is 0 Å². The van der Waals surface area contributed by atoms with Gasteiger partial charge < -0.3 is 10.4 Å². The molecule has 0 radical (unpaired) electrons. The smallest absolute Gasteiger partial charge is 0.329 e. The molecule has 0 bridgehead atoms. The van der Waals surface area contributed by atoms with Gasteiger partial charge >= 0.3 is 5.97 Å². The Kier molecular flexibility index (Phi) is 3.07. The third-order valence-electron chi connectivity index (χ3n) is 3.08. The largest absolute Gasteiger partial charge is 0.480 e. The summed E-state index contributed by atoms with van der Waals surface area (Å²) in [6.07, 6.45) is 1.80. The highest BCUT2D eigenvalue weighted by molar-refractivity contribution is 6.30. The third kappa shape index (κ3) is 2.26. The van der Waals surface area contributed by atoms with Crippen molar-refractivity contribution in [2.24, 2.45) is 0 Å². The lowest BCUT2D eigenvalue weighted by atomic mass is 9.76. The summed E-state index contributed by atoms with van der Waals surface area (Å²) in [7, 11) is 0. The van der Waals surface area contributed by atoms with Crippen LogP contribution in [0, 0.1) is 0 Å². The summed E-state index contributed by atoms with van der Waals surface area (Å²) >= 11 is 5.71. The van der Waals surface area contributed by atoms with Gasteiger partial charge in [0.1, 0.15) is 5.54 Å². The van der Waals surface area contributed by atoms with Gasteiger partial charge in [-0.25, -0.2) is 4.79 Å². The Hall–Kier alpha value is -1.55. The second kappa shape index (κ2) is 4.37. The van der Waals surface area contributed by atoms with Crippen molar-refractivity contribution in [3.8, 4) is 0 Å². The van der Waals surface area contributed by atoms with Crippen LogP contribution in [0.15, 0.2) is 24.3 Å². The molecule has 0 spiro atoms. The second-order valence-corrected chi connectivity index (χ2v) is 4.64. The molecule has 1 aromatic rings. The molecule has 1 aromatic carbocycles. The predicted molar refractivity (Wildman–Crippen MR) is 63.1 cm³/mol. The van der Waals surface area contributed by atoms with Gasteiger partial charge in [0, 0.05) is 10.6 Å². The fourth-order valence-corrected chi connectivity index (χ4v) is 1.94. The zero-order chi connectivity index (χ0) is 12.5. The number of amides is 1. The monoisotopic (exact) mass is 253 g/mol. The summed E-state index contributed by atoms with van der Waals surface area (Å²) in [5.74, 6) is -1.34. The number of hydrogen-bond donors (Lipinski definition) is 2. The Bertz CT molecular complexity index is 451. The van der Waals surface area contributed by atoms with Crippen LogP contribution in [0.1, 0.15) is 29.6 Å². The van der Waals surface area contributed by atoms with E-state index in [1.54, 1.807) is 24.3 Å². The molecule has 0 atom stereocenters. The molecule has 2 rings (SSSR count). The average Bonchev–Trinajstić information content (AvgIpc) is 2.23. The van der Waals surface area contributed by atoms with Gasteiger partial charge in [-0.3, -0.25) is 4.79 Å². The van der Waals surface area contributed by atoms with E-state index in [9.17, 15) is 9.59 Å². The van der Waals surface area contributed by atoms with Crippen LogP contribution in [0.2, 0.25) is 5.02 Å². The maximum Gasteiger partial charge on any atom is 0.329 e. The lowest BCUT2D eigenvalue weighted by Crippen LogP contribution is -2.59. The van der Waals surface area contributed by atoms with E-state index in [-0.39, 0.29) is 5.91 Å². The molecule has 0 heterocycles. The number of nitrogens with one attached hydrogen (secondary N) is 1. The fourth-order valence-electron chi connectivity index (χ4n) is 1.81. The number of benzene rings is 1. The summed E-state index contributed by atoms with van der Waals surface area (Å²) in [5.41, 5.74) is -0.654. The topological polar surface area (TPSA) is 66.4 Å². The van der Waals surface area contributed by atoms with Gasteiger partial charge in [0.25, 0.3) is 5.91 Å². The van der Waals surface area contributed by atoms with E-state index in [1.165, 1.54) is 0 Å². The number of carbonyl (C=O) groups excluding carboxylic acids is 1. The molecule has 0 saturated heterocycles. The number of hydrogen-bond acceptors (Lipinski definition) is 2. The summed E-state index contributed by atoms with van der Waals surface area (Å²) in [4.78, 5) is 22.9. The van der Waals surface area contributed by atoms with Crippen molar-refractivity contribution in [2.75, 3.05) is 0 Å². The number of carboxylic acids is 1. The normalized spacial score (nSPS) is 17.0. The molecule has 1 amide bonds. The fraction of sp³-hybridized carbons (Fsp3) is 0.333. The number of rotatable bonds is 3. The molecule has 1 aliphatic carbocycles. The molecule has 5 heteroatoms. The Morgan fingerprint density at radius 2 is 1.82 bits per heavy atom. The first-order valence-corrected chi connectivity index (χ1v) is 5.73. The van der Waals surface area contributed by atoms with Crippen molar-refractivity contribution in [1.29, 1.82) is 0 Å². The molecule has 1 aliphatic rings. The highest BCUT2D eigenvalue weighted by Crippen LogP contribution is 2.32. The van der Waals surface area contributed by atoms with Crippen LogP contribution in [0.5, 0.6) is 0 Å². The molecule has 0 unspecified atom stereocenters.